The number of aliphatic hydroxyl groups is 1. The van der Waals surface area contributed by atoms with Crippen LogP contribution in [0.2, 0.25) is 0 Å². The third-order valence-electron chi connectivity index (χ3n) is 5.21. The Balaban J connectivity index is 3.01. The number of carbonyl (C=O) groups is 3. The van der Waals surface area contributed by atoms with Crippen molar-refractivity contribution in [3.8, 4) is 5.75 Å². The molecule has 9 heteroatoms. The van der Waals surface area contributed by atoms with Crippen molar-refractivity contribution in [1.82, 2.24) is 16.0 Å². The van der Waals surface area contributed by atoms with Crippen molar-refractivity contribution in [3.63, 3.8) is 0 Å². The molecule has 3 amide bonds. The van der Waals surface area contributed by atoms with E-state index in [2.05, 4.69) is 16.0 Å². The van der Waals surface area contributed by atoms with Gasteiger partial charge < -0.3 is 25.6 Å². The van der Waals surface area contributed by atoms with Crippen LogP contribution in [0, 0.1) is 5.92 Å². The predicted octanol–water partition coefficient (Wildman–Crippen LogP) is 3.03. The van der Waals surface area contributed by atoms with Gasteiger partial charge in [0.25, 0.3) is 0 Å². The van der Waals surface area contributed by atoms with E-state index in [0.717, 1.165) is 12.0 Å². The number of rotatable bonds is 13. The predicted molar refractivity (Wildman–Crippen MR) is 135 cm³/mol. The highest BCUT2D eigenvalue weighted by Gasteiger charge is 2.29. The minimum atomic E-state index is -0.924. The second-order valence-corrected chi connectivity index (χ2v) is 10.3. The molecule has 1 rings (SSSR count). The molecular weight excluding hydrogens is 450 g/mol. The minimum absolute atomic E-state index is 0.109. The number of carbonyl (C=O) groups excluding carboxylic acids is 3. The lowest BCUT2D eigenvalue weighted by Crippen LogP contribution is -2.56. The quantitative estimate of drug-likeness (QED) is 0.285. The Labute approximate surface area is 209 Å². The Bertz CT molecular complexity index is 804. The van der Waals surface area contributed by atoms with E-state index in [1.165, 1.54) is 12.1 Å². The second-order valence-electron chi connectivity index (χ2n) is 10.3. The molecule has 0 aliphatic heterocycles. The van der Waals surface area contributed by atoms with Gasteiger partial charge in [-0.05, 0) is 63.6 Å². The number of alkyl carbamates (subject to hydrolysis) is 1. The summed E-state index contributed by atoms with van der Waals surface area (Å²) < 4.78 is 5.27. The fourth-order valence-electron chi connectivity index (χ4n) is 3.57. The van der Waals surface area contributed by atoms with Crippen LogP contribution >= 0.6 is 0 Å². The highest BCUT2D eigenvalue weighted by Crippen LogP contribution is 2.14. The average molecular weight is 494 g/mol. The molecule has 1 aromatic rings. The van der Waals surface area contributed by atoms with Crippen LogP contribution in [0.15, 0.2) is 24.3 Å². The summed E-state index contributed by atoms with van der Waals surface area (Å²) in [6.07, 6.45) is 2.01. The van der Waals surface area contributed by atoms with Crippen molar-refractivity contribution in [2.75, 3.05) is 6.61 Å². The molecule has 1 aromatic carbocycles. The van der Waals surface area contributed by atoms with E-state index in [4.69, 9.17) is 4.74 Å². The number of amides is 3. The number of hydrogen-bond donors (Lipinski definition) is 5. The zero-order valence-electron chi connectivity index (χ0n) is 21.9. The van der Waals surface area contributed by atoms with Crippen LogP contribution in [0.3, 0.4) is 0 Å². The van der Waals surface area contributed by atoms with E-state index < -0.39 is 35.6 Å². The highest BCUT2D eigenvalue weighted by atomic mass is 16.6. The molecule has 35 heavy (non-hydrogen) atoms. The first-order chi connectivity index (χ1) is 16.3. The molecule has 198 valence electrons. The van der Waals surface area contributed by atoms with E-state index in [1.54, 1.807) is 32.9 Å². The Kier molecular flexibility index (Phi) is 12.7. The van der Waals surface area contributed by atoms with Gasteiger partial charge in [0, 0.05) is 6.04 Å². The van der Waals surface area contributed by atoms with Gasteiger partial charge in [0.2, 0.25) is 11.8 Å². The third kappa shape index (κ3) is 12.6. The SMILES string of the molecule is CCCC[C@H](NC(=O)OC(C)(C)C)C(=O)NC(=O)[C@H](Cc1ccc(O)cc1)N[C@H](CO)CC(C)C. The van der Waals surface area contributed by atoms with E-state index in [9.17, 15) is 24.6 Å². The first-order valence-electron chi connectivity index (χ1n) is 12.3. The molecule has 3 atom stereocenters. The number of phenolic OH excluding ortho intramolecular Hbond substituents is 1. The van der Waals surface area contributed by atoms with Gasteiger partial charge >= 0.3 is 6.09 Å². The van der Waals surface area contributed by atoms with Crippen molar-refractivity contribution in [2.45, 2.75) is 97.4 Å². The standard InChI is InChI=1S/C26H43N3O6/c1-7-8-9-21(28-25(34)35-26(4,5)6)23(32)29-24(33)22(27-19(16-30)14-17(2)3)15-18-10-12-20(31)13-11-18/h10-13,17,19,21-22,27,30-31H,7-9,14-16H2,1-6H3,(H,28,34)(H,29,32,33)/t19-,21-,22-/m0/s1. The fraction of sp³-hybridized carbons (Fsp3) is 0.654. The van der Waals surface area contributed by atoms with Crippen molar-refractivity contribution >= 4 is 17.9 Å². The summed E-state index contributed by atoms with van der Waals surface area (Å²) in [6.45, 7) is 11.0. The molecule has 0 spiro atoms. The molecule has 9 nitrogen and oxygen atoms in total. The lowest BCUT2D eigenvalue weighted by molar-refractivity contribution is -0.133. The van der Waals surface area contributed by atoms with Crippen LogP contribution < -0.4 is 16.0 Å². The van der Waals surface area contributed by atoms with Gasteiger partial charge in [-0.3, -0.25) is 14.9 Å². The van der Waals surface area contributed by atoms with Crippen LogP contribution in [-0.2, 0) is 20.7 Å². The van der Waals surface area contributed by atoms with Crippen LogP contribution in [0.1, 0.15) is 72.8 Å². The van der Waals surface area contributed by atoms with Gasteiger partial charge in [0.1, 0.15) is 17.4 Å². The van der Waals surface area contributed by atoms with Crippen molar-refractivity contribution < 1.29 is 29.3 Å². The van der Waals surface area contributed by atoms with Gasteiger partial charge in [0.05, 0.1) is 12.6 Å². The van der Waals surface area contributed by atoms with Crippen LogP contribution in [0.25, 0.3) is 0 Å². The molecule has 0 aliphatic carbocycles. The molecule has 5 N–H and O–H groups in total. The molecule has 0 unspecified atom stereocenters. The summed E-state index contributed by atoms with van der Waals surface area (Å²) in [7, 11) is 0. The maximum Gasteiger partial charge on any atom is 0.408 e. The van der Waals surface area contributed by atoms with Crippen LogP contribution in [0.4, 0.5) is 4.79 Å². The summed E-state index contributed by atoms with van der Waals surface area (Å²) >= 11 is 0. The number of imide groups is 1. The summed E-state index contributed by atoms with van der Waals surface area (Å²) in [5, 5.41) is 27.5. The average Bonchev–Trinajstić information content (AvgIpc) is 2.75. The summed E-state index contributed by atoms with van der Waals surface area (Å²) in [5.74, 6) is -0.776. The maximum atomic E-state index is 13.2. The minimum Gasteiger partial charge on any atom is -0.508 e. The van der Waals surface area contributed by atoms with Gasteiger partial charge in [-0.1, -0.05) is 45.7 Å². The number of aliphatic hydroxyl groups excluding tert-OH is 1. The summed E-state index contributed by atoms with van der Waals surface area (Å²) in [5.41, 5.74) is 0.0547. The summed E-state index contributed by atoms with van der Waals surface area (Å²) in [4.78, 5) is 38.4. The molecule has 0 fully saturated rings. The Hall–Kier alpha value is -2.65. The lowest BCUT2D eigenvalue weighted by atomic mass is 10.00. The number of nitrogens with one attached hydrogen (secondary N) is 3. The third-order valence-corrected chi connectivity index (χ3v) is 5.21. The second kappa shape index (κ2) is 14.7. The largest absolute Gasteiger partial charge is 0.508 e. The van der Waals surface area contributed by atoms with E-state index in [1.807, 2.05) is 20.8 Å². The number of phenols is 1. The summed E-state index contributed by atoms with van der Waals surface area (Å²) in [6, 6.07) is 4.37. The first kappa shape index (κ1) is 30.4. The Morgan fingerprint density at radius 1 is 1.03 bits per heavy atom. The number of hydrogen-bond acceptors (Lipinski definition) is 7. The zero-order chi connectivity index (χ0) is 26.6. The molecule has 0 aliphatic rings. The van der Waals surface area contributed by atoms with Gasteiger partial charge in [-0.15, -0.1) is 0 Å². The molecule has 0 aromatic heterocycles. The molecule has 0 radical (unpaired) electrons. The number of benzene rings is 1. The topological polar surface area (TPSA) is 137 Å². The smallest absolute Gasteiger partial charge is 0.408 e. The Morgan fingerprint density at radius 3 is 2.14 bits per heavy atom. The molecule has 0 saturated heterocycles. The van der Waals surface area contributed by atoms with Gasteiger partial charge in [0.15, 0.2) is 0 Å². The van der Waals surface area contributed by atoms with Crippen LogP contribution in [-0.4, -0.2) is 58.5 Å². The Morgan fingerprint density at radius 2 is 1.63 bits per heavy atom. The van der Waals surface area contributed by atoms with E-state index in [0.29, 0.717) is 19.3 Å². The highest BCUT2D eigenvalue weighted by molar-refractivity contribution is 6.01. The number of aromatic hydroxyl groups is 1. The molecule has 0 bridgehead atoms. The normalized spacial score (nSPS) is 14.2. The monoisotopic (exact) mass is 493 g/mol. The fourth-order valence-corrected chi connectivity index (χ4v) is 3.57. The van der Waals surface area contributed by atoms with Gasteiger partial charge in [-0.2, -0.15) is 0 Å². The number of unbranched alkanes of at least 4 members (excludes halogenated alkanes) is 1. The van der Waals surface area contributed by atoms with Gasteiger partial charge in [-0.25, -0.2) is 4.79 Å². The maximum absolute atomic E-state index is 13.2. The van der Waals surface area contributed by atoms with E-state index in [-0.39, 0.29) is 30.7 Å². The van der Waals surface area contributed by atoms with E-state index >= 15 is 0 Å². The zero-order valence-corrected chi connectivity index (χ0v) is 21.9. The lowest BCUT2D eigenvalue weighted by Gasteiger charge is -2.26. The van der Waals surface area contributed by atoms with Crippen molar-refractivity contribution in [3.05, 3.63) is 29.8 Å². The van der Waals surface area contributed by atoms with Crippen molar-refractivity contribution in [2.24, 2.45) is 5.92 Å². The molecule has 0 heterocycles. The molecular formula is C26H43N3O6. The first-order valence-corrected chi connectivity index (χ1v) is 12.3. The molecule has 0 saturated carbocycles. The number of ether oxygens (including phenoxy) is 1. The van der Waals surface area contributed by atoms with Crippen LogP contribution in [0.5, 0.6) is 5.75 Å². The van der Waals surface area contributed by atoms with Crippen molar-refractivity contribution in [1.29, 1.82) is 0 Å².